The van der Waals surface area contributed by atoms with E-state index in [1.54, 1.807) is 30.3 Å². The van der Waals surface area contributed by atoms with Crippen molar-refractivity contribution in [2.75, 3.05) is 27.2 Å². The standard InChI is InChI=1S/C23H23FN2O3/c1-4-14-9-10-18-16(13-14)21(27)19-20(15-7-5-6-8-17(15)24)26(12-11-25(2)3)23(28)22(19)29-18/h5-10,13,20H,4,11-12H2,1-3H3. The predicted octanol–water partition coefficient (Wildman–Crippen LogP) is 3.60. The number of rotatable bonds is 5. The van der Waals surface area contributed by atoms with Crippen LogP contribution in [0.25, 0.3) is 11.0 Å². The van der Waals surface area contributed by atoms with E-state index in [0.29, 0.717) is 29.6 Å². The van der Waals surface area contributed by atoms with Crippen LogP contribution in [0.2, 0.25) is 0 Å². The van der Waals surface area contributed by atoms with E-state index in [9.17, 15) is 14.0 Å². The molecule has 1 amide bonds. The maximum atomic E-state index is 14.7. The Kier molecular flexibility index (Phi) is 4.96. The highest BCUT2D eigenvalue weighted by Crippen LogP contribution is 2.38. The average molecular weight is 394 g/mol. The highest BCUT2D eigenvalue weighted by Gasteiger charge is 2.43. The normalized spacial score (nSPS) is 16.1. The molecule has 6 heteroatoms. The van der Waals surface area contributed by atoms with Gasteiger partial charge in [-0.25, -0.2) is 4.39 Å². The topological polar surface area (TPSA) is 53.8 Å². The third-order valence-electron chi connectivity index (χ3n) is 5.43. The van der Waals surface area contributed by atoms with E-state index in [1.165, 1.54) is 11.0 Å². The van der Waals surface area contributed by atoms with Crippen LogP contribution in [0.5, 0.6) is 0 Å². The van der Waals surface area contributed by atoms with Gasteiger partial charge in [-0.05, 0) is 44.3 Å². The van der Waals surface area contributed by atoms with Crippen LogP contribution in [-0.2, 0) is 6.42 Å². The first-order chi connectivity index (χ1) is 13.9. The Morgan fingerprint density at radius 3 is 2.59 bits per heavy atom. The Hall–Kier alpha value is -2.99. The number of halogens is 1. The molecule has 5 nitrogen and oxygen atoms in total. The number of likely N-dealkylation sites (N-methyl/N-ethyl adjacent to an activating group) is 1. The molecule has 0 saturated heterocycles. The molecule has 1 aromatic heterocycles. The first kappa shape index (κ1) is 19.3. The molecule has 0 radical (unpaired) electrons. The van der Waals surface area contributed by atoms with Crippen molar-refractivity contribution in [1.82, 2.24) is 9.80 Å². The molecule has 29 heavy (non-hydrogen) atoms. The first-order valence-corrected chi connectivity index (χ1v) is 9.72. The van der Waals surface area contributed by atoms with Crippen molar-refractivity contribution in [3.63, 3.8) is 0 Å². The summed E-state index contributed by atoms with van der Waals surface area (Å²) in [5.74, 6) is -0.817. The van der Waals surface area contributed by atoms with Crippen LogP contribution < -0.4 is 5.43 Å². The number of hydrogen-bond acceptors (Lipinski definition) is 4. The summed E-state index contributed by atoms with van der Waals surface area (Å²) in [6.45, 7) is 2.94. The lowest BCUT2D eigenvalue weighted by Gasteiger charge is -2.26. The second-order valence-corrected chi connectivity index (χ2v) is 7.58. The zero-order valence-corrected chi connectivity index (χ0v) is 16.7. The predicted molar refractivity (Wildman–Crippen MR) is 110 cm³/mol. The van der Waals surface area contributed by atoms with E-state index in [4.69, 9.17) is 4.42 Å². The highest BCUT2D eigenvalue weighted by molar-refractivity contribution is 5.99. The Bertz CT molecular complexity index is 1150. The molecule has 0 bridgehead atoms. The smallest absolute Gasteiger partial charge is 0.290 e. The molecule has 1 aliphatic heterocycles. The highest BCUT2D eigenvalue weighted by atomic mass is 19.1. The summed E-state index contributed by atoms with van der Waals surface area (Å²) in [5.41, 5.74) is 1.63. The van der Waals surface area contributed by atoms with Crippen molar-refractivity contribution in [1.29, 1.82) is 0 Å². The molecular formula is C23H23FN2O3. The molecule has 0 N–H and O–H groups in total. The Morgan fingerprint density at radius 1 is 1.14 bits per heavy atom. The fourth-order valence-corrected chi connectivity index (χ4v) is 3.85. The minimum Gasteiger partial charge on any atom is -0.450 e. The van der Waals surface area contributed by atoms with Gasteiger partial charge in [-0.15, -0.1) is 0 Å². The molecule has 0 aliphatic carbocycles. The Balaban J connectivity index is 1.97. The third kappa shape index (κ3) is 3.23. The van der Waals surface area contributed by atoms with E-state index < -0.39 is 11.9 Å². The van der Waals surface area contributed by atoms with Crippen molar-refractivity contribution in [3.05, 3.63) is 81.0 Å². The molecule has 4 rings (SSSR count). The van der Waals surface area contributed by atoms with Crippen molar-refractivity contribution < 1.29 is 13.6 Å². The molecule has 0 fully saturated rings. The second-order valence-electron chi connectivity index (χ2n) is 7.58. The number of nitrogens with zero attached hydrogens (tertiary/aromatic N) is 2. The molecule has 0 saturated carbocycles. The fourth-order valence-electron chi connectivity index (χ4n) is 3.85. The van der Waals surface area contributed by atoms with Gasteiger partial charge in [0.05, 0.1) is 17.0 Å². The van der Waals surface area contributed by atoms with Crippen LogP contribution in [0.3, 0.4) is 0 Å². The van der Waals surface area contributed by atoms with Crippen LogP contribution in [0.1, 0.15) is 40.2 Å². The number of amides is 1. The van der Waals surface area contributed by atoms with Gasteiger partial charge in [0.25, 0.3) is 5.91 Å². The van der Waals surface area contributed by atoms with Gasteiger partial charge >= 0.3 is 0 Å². The zero-order chi connectivity index (χ0) is 20.7. The van der Waals surface area contributed by atoms with Crippen LogP contribution >= 0.6 is 0 Å². The molecular weight excluding hydrogens is 371 g/mol. The second kappa shape index (κ2) is 7.44. The van der Waals surface area contributed by atoms with Gasteiger partial charge in [0.1, 0.15) is 11.4 Å². The molecule has 0 spiro atoms. The number of fused-ring (bicyclic) bond motifs is 2. The van der Waals surface area contributed by atoms with Crippen LogP contribution in [-0.4, -0.2) is 42.9 Å². The third-order valence-corrected chi connectivity index (χ3v) is 5.43. The van der Waals surface area contributed by atoms with Crippen molar-refractivity contribution >= 4 is 16.9 Å². The molecule has 3 aromatic rings. The summed E-state index contributed by atoms with van der Waals surface area (Å²) in [7, 11) is 3.80. The van der Waals surface area contributed by atoms with Crippen molar-refractivity contribution in [3.8, 4) is 0 Å². The summed E-state index contributed by atoms with van der Waals surface area (Å²) in [6, 6.07) is 10.9. The summed E-state index contributed by atoms with van der Waals surface area (Å²) >= 11 is 0. The SMILES string of the molecule is CCc1ccc2oc3c(c(=O)c2c1)C(c1ccccc1F)N(CCN(C)C)C3=O. The van der Waals surface area contributed by atoms with Gasteiger partial charge < -0.3 is 14.2 Å². The first-order valence-electron chi connectivity index (χ1n) is 9.72. The fraction of sp³-hybridized carbons (Fsp3) is 0.304. The van der Waals surface area contributed by atoms with E-state index in [2.05, 4.69) is 0 Å². The molecule has 1 unspecified atom stereocenters. The minimum atomic E-state index is -0.801. The molecule has 1 atom stereocenters. The number of carbonyl (C=O) groups is 1. The maximum absolute atomic E-state index is 14.7. The number of benzene rings is 2. The van der Waals surface area contributed by atoms with Gasteiger partial charge in [-0.1, -0.05) is 31.2 Å². The molecule has 1 aliphatic rings. The van der Waals surface area contributed by atoms with E-state index in [1.807, 2.05) is 32.0 Å². The summed E-state index contributed by atoms with van der Waals surface area (Å²) in [6.07, 6.45) is 0.775. The van der Waals surface area contributed by atoms with Crippen molar-refractivity contribution in [2.45, 2.75) is 19.4 Å². The van der Waals surface area contributed by atoms with Crippen molar-refractivity contribution in [2.24, 2.45) is 0 Å². The van der Waals surface area contributed by atoms with Gasteiger partial charge in [-0.3, -0.25) is 9.59 Å². The van der Waals surface area contributed by atoms with Gasteiger partial charge in [0.15, 0.2) is 5.43 Å². The Morgan fingerprint density at radius 2 is 1.90 bits per heavy atom. The zero-order valence-electron chi connectivity index (χ0n) is 16.7. The quantitative estimate of drug-likeness (QED) is 0.664. The summed E-state index contributed by atoms with van der Waals surface area (Å²) in [5, 5.41) is 0.423. The van der Waals surface area contributed by atoms with Gasteiger partial charge in [0.2, 0.25) is 5.76 Å². The van der Waals surface area contributed by atoms with Crippen LogP contribution in [0.15, 0.2) is 51.7 Å². The molecule has 2 heterocycles. The largest absolute Gasteiger partial charge is 0.450 e. The number of carbonyl (C=O) groups excluding carboxylic acids is 1. The average Bonchev–Trinajstić information content (AvgIpc) is 2.98. The number of hydrogen-bond donors (Lipinski definition) is 0. The monoisotopic (exact) mass is 394 g/mol. The molecule has 2 aromatic carbocycles. The Labute approximate surface area is 168 Å². The lowest BCUT2D eigenvalue weighted by atomic mass is 9.97. The lowest BCUT2D eigenvalue weighted by Crippen LogP contribution is -2.35. The number of aryl methyl sites for hydroxylation is 1. The summed E-state index contributed by atoms with van der Waals surface area (Å²) < 4.78 is 20.6. The van der Waals surface area contributed by atoms with E-state index in [0.717, 1.165) is 12.0 Å². The summed E-state index contributed by atoms with van der Waals surface area (Å²) in [4.78, 5) is 30.1. The van der Waals surface area contributed by atoms with E-state index >= 15 is 0 Å². The van der Waals surface area contributed by atoms with E-state index in [-0.39, 0.29) is 22.7 Å². The molecule has 150 valence electrons. The lowest BCUT2D eigenvalue weighted by molar-refractivity contribution is 0.0714. The van der Waals surface area contributed by atoms with Crippen LogP contribution in [0, 0.1) is 5.82 Å². The van der Waals surface area contributed by atoms with Crippen LogP contribution in [0.4, 0.5) is 4.39 Å². The van der Waals surface area contributed by atoms with Gasteiger partial charge in [0, 0.05) is 18.7 Å². The minimum absolute atomic E-state index is 0.0127. The maximum Gasteiger partial charge on any atom is 0.290 e. The van der Waals surface area contributed by atoms with Gasteiger partial charge in [-0.2, -0.15) is 0 Å².